The smallest absolute Gasteiger partial charge is 0.399 e. The van der Waals surface area contributed by atoms with Gasteiger partial charge in [-0.3, -0.25) is 4.79 Å². The molecular formula is C23H28BClFN3O3S. The Labute approximate surface area is 203 Å². The minimum atomic E-state index is -0.522. The molecule has 1 amide bonds. The highest BCUT2D eigenvalue weighted by atomic mass is 35.5. The third-order valence-electron chi connectivity index (χ3n) is 6.57. The molecule has 2 fully saturated rings. The van der Waals surface area contributed by atoms with Crippen molar-refractivity contribution in [1.29, 1.82) is 0 Å². The van der Waals surface area contributed by atoms with E-state index < -0.39 is 30.2 Å². The molecule has 0 aromatic heterocycles. The number of carbonyl (C=O) groups excluding carboxylic acids is 1. The molecule has 0 spiro atoms. The zero-order chi connectivity index (χ0) is 24.0. The van der Waals surface area contributed by atoms with E-state index in [9.17, 15) is 9.18 Å². The van der Waals surface area contributed by atoms with Crippen molar-refractivity contribution in [2.45, 2.75) is 57.4 Å². The zero-order valence-corrected chi connectivity index (χ0v) is 20.9. The van der Waals surface area contributed by atoms with Gasteiger partial charge in [0, 0.05) is 23.9 Å². The fourth-order valence-electron chi connectivity index (χ4n) is 3.81. The number of nitrogens with zero attached hydrogens (tertiary/aromatic N) is 1. The lowest BCUT2D eigenvalue weighted by Gasteiger charge is -2.36. The molecule has 0 saturated carbocycles. The van der Waals surface area contributed by atoms with Gasteiger partial charge in [-0.2, -0.15) is 0 Å². The first-order valence-corrected chi connectivity index (χ1v) is 12.0. The number of hydrogen-bond acceptors (Lipinski definition) is 6. The predicted octanol–water partition coefficient (Wildman–Crippen LogP) is 4.32. The number of hydrogen-bond donors (Lipinski definition) is 2. The van der Waals surface area contributed by atoms with Gasteiger partial charge in [0.15, 0.2) is 0 Å². The van der Waals surface area contributed by atoms with Crippen LogP contribution in [0.5, 0.6) is 0 Å². The predicted molar refractivity (Wildman–Crippen MR) is 132 cm³/mol. The molecule has 2 N–H and O–H groups in total. The Balaban J connectivity index is 1.48. The lowest BCUT2D eigenvalue weighted by Crippen LogP contribution is -2.46. The standard InChI is InChI=1S/C23H28BClFN3O3S/c1-22(2)23(3,4)32-24(31-22)15-8-6-7-14(11-15)19-13-20(29(5)33-28-19)21(30)27-16-9-10-18(26)17(25)12-16/h6-12,19-20,28H,13H2,1-5H3,(H,27,30). The molecule has 6 nitrogen and oxygen atoms in total. The molecule has 0 radical (unpaired) electrons. The number of halogens is 2. The molecule has 4 rings (SSSR count). The summed E-state index contributed by atoms with van der Waals surface area (Å²) >= 11 is 7.23. The van der Waals surface area contributed by atoms with Crippen molar-refractivity contribution in [1.82, 2.24) is 9.03 Å². The van der Waals surface area contributed by atoms with Crippen LogP contribution in [0.25, 0.3) is 0 Å². The molecular weight excluding hydrogens is 464 g/mol. The van der Waals surface area contributed by atoms with Gasteiger partial charge < -0.3 is 14.6 Å². The number of amides is 1. The molecule has 0 bridgehead atoms. The summed E-state index contributed by atoms with van der Waals surface area (Å²) < 4.78 is 31.1. The Kier molecular flexibility index (Phi) is 6.84. The van der Waals surface area contributed by atoms with Gasteiger partial charge >= 0.3 is 7.12 Å². The second-order valence-corrected chi connectivity index (χ2v) is 10.8. The lowest BCUT2D eigenvalue weighted by molar-refractivity contribution is -0.119. The highest BCUT2D eigenvalue weighted by Crippen LogP contribution is 2.37. The lowest BCUT2D eigenvalue weighted by atomic mass is 9.77. The van der Waals surface area contributed by atoms with Gasteiger partial charge in [0.2, 0.25) is 5.91 Å². The Morgan fingerprint density at radius 2 is 1.91 bits per heavy atom. The number of carbonyl (C=O) groups is 1. The Morgan fingerprint density at radius 1 is 1.21 bits per heavy atom. The third-order valence-corrected chi connectivity index (χ3v) is 7.79. The van der Waals surface area contributed by atoms with E-state index in [4.69, 9.17) is 20.9 Å². The molecule has 10 heteroatoms. The Bertz CT molecular complexity index is 1040. The molecule has 2 atom stereocenters. The first kappa shape index (κ1) is 24.5. The van der Waals surface area contributed by atoms with Crippen LogP contribution in [0.3, 0.4) is 0 Å². The molecule has 0 aliphatic carbocycles. The summed E-state index contributed by atoms with van der Waals surface area (Å²) in [5.41, 5.74) is 1.62. The van der Waals surface area contributed by atoms with E-state index in [-0.39, 0.29) is 17.0 Å². The molecule has 176 valence electrons. The van der Waals surface area contributed by atoms with Gasteiger partial charge in [-0.05, 0) is 70.4 Å². The van der Waals surface area contributed by atoms with Gasteiger partial charge in [-0.1, -0.05) is 35.9 Å². The minimum Gasteiger partial charge on any atom is -0.399 e. The summed E-state index contributed by atoms with van der Waals surface area (Å²) in [6.07, 6.45) is 0.553. The van der Waals surface area contributed by atoms with Gasteiger partial charge in [0.1, 0.15) is 11.9 Å². The summed E-state index contributed by atoms with van der Waals surface area (Å²) in [6, 6.07) is 11.8. The third kappa shape index (κ3) is 5.09. The average Bonchev–Trinajstić information content (AvgIpc) is 2.98. The Hall–Kier alpha value is -1.62. The van der Waals surface area contributed by atoms with Gasteiger partial charge in [-0.15, -0.1) is 0 Å². The normalized spacial score (nSPS) is 24.6. The molecule has 2 saturated heterocycles. The summed E-state index contributed by atoms with van der Waals surface area (Å²) in [7, 11) is 1.41. The van der Waals surface area contributed by atoms with Crippen LogP contribution in [0.1, 0.15) is 45.7 Å². The van der Waals surface area contributed by atoms with E-state index in [0.717, 1.165) is 11.0 Å². The molecule has 33 heavy (non-hydrogen) atoms. The van der Waals surface area contributed by atoms with E-state index >= 15 is 0 Å². The molecule has 2 unspecified atom stereocenters. The van der Waals surface area contributed by atoms with Crippen LogP contribution in [0, 0.1) is 5.82 Å². The van der Waals surface area contributed by atoms with Gasteiger partial charge in [-0.25, -0.2) is 13.4 Å². The second kappa shape index (κ2) is 9.21. The molecule has 2 aromatic rings. The minimum absolute atomic E-state index is 0.0294. The first-order chi connectivity index (χ1) is 15.5. The fourth-order valence-corrected chi connectivity index (χ4v) is 4.82. The van der Waals surface area contributed by atoms with Crippen molar-refractivity contribution in [3.05, 3.63) is 58.9 Å². The van der Waals surface area contributed by atoms with Crippen molar-refractivity contribution in [3.63, 3.8) is 0 Å². The summed E-state index contributed by atoms with van der Waals surface area (Å²) in [5, 5.41) is 2.81. The Morgan fingerprint density at radius 3 is 2.58 bits per heavy atom. The number of rotatable bonds is 4. The van der Waals surface area contributed by atoms with E-state index in [2.05, 4.69) is 16.1 Å². The largest absolute Gasteiger partial charge is 0.494 e. The number of anilines is 1. The zero-order valence-electron chi connectivity index (χ0n) is 19.3. The van der Waals surface area contributed by atoms with Crippen LogP contribution in [-0.4, -0.2) is 41.6 Å². The summed E-state index contributed by atoms with van der Waals surface area (Å²) in [6.45, 7) is 8.13. The molecule has 2 aromatic carbocycles. The van der Waals surface area contributed by atoms with Gasteiger partial charge in [0.25, 0.3) is 0 Å². The fraction of sp³-hybridized carbons (Fsp3) is 0.435. The first-order valence-electron chi connectivity index (χ1n) is 10.8. The monoisotopic (exact) mass is 491 g/mol. The highest BCUT2D eigenvalue weighted by Gasteiger charge is 2.51. The molecule has 2 aliphatic heterocycles. The SMILES string of the molecule is CN1SNC(c2cccc(B3OC(C)(C)C(C)(C)O3)c2)CC1C(=O)Nc1ccc(F)c(Cl)c1. The van der Waals surface area contributed by atoms with Crippen LogP contribution in [-0.2, 0) is 14.1 Å². The maximum absolute atomic E-state index is 13.4. The van der Waals surface area contributed by atoms with Crippen molar-refractivity contribution in [3.8, 4) is 0 Å². The van der Waals surface area contributed by atoms with Crippen molar-refractivity contribution < 1.29 is 18.5 Å². The maximum atomic E-state index is 13.4. The molecule has 2 heterocycles. The van der Waals surface area contributed by atoms with E-state index in [1.54, 1.807) is 0 Å². The van der Waals surface area contributed by atoms with Crippen molar-refractivity contribution in [2.75, 3.05) is 12.4 Å². The van der Waals surface area contributed by atoms with Crippen LogP contribution in [0.2, 0.25) is 5.02 Å². The summed E-state index contributed by atoms with van der Waals surface area (Å²) in [4.78, 5) is 13.0. The van der Waals surface area contributed by atoms with Crippen molar-refractivity contribution >= 4 is 47.9 Å². The number of nitrogens with one attached hydrogen (secondary N) is 2. The maximum Gasteiger partial charge on any atom is 0.494 e. The number of benzene rings is 2. The van der Waals surface area contributed by atoms with E-state index in [1.807, 2.05) is 57.2 Å². The molecule has 2 aliphatic rings. The quantitative estimate of drug-likeness (QED) is 0.491. The van der Waals surface area contributed by atoms with Gasteiger partial charge in [0.05, 0.1) is 16.2 Å². The van der Waals surface area contributed by atoms with Crippen LogP contribution >= 0.6 is 23.7 Å². The van der Waals surface area contributed by atoms with E-state index in [0.29, 0.717) is 12.1 Å². The number of likely N-dealkylation sites (N-methyl/N-ethyl adjacent to an activating group) is 1. The average molecular weight is 492 g/mol. The summed E-state index contributed by atoms with van der Waals surface area (Å²) in [5.74, 6) is -0.701. The van der Waals surface area contributed by atoms with E-state index in [1.165, 1.54) is 30.3 Å². The second-order valence-electron chi connectivity index (χ2n) is 9.44. The highest BCUT2D eigenvalue weighted by molar-refractivity contribution is 7.95. The topological polar surface area (TPSA) is 62.8 Å². The van der Waals surface area contributed by atoms with Crippen LogP contribution in [0.4, 0.5) is 10.1 Å². The van der Waals surface area contributed by atoms with Crippen LogP contribution < -0.4 is 15.5 Å². The van der Waals surface area contributed by atoms with Crippen molar-refractivity contribution in [2.24, 2.45) is 0 Å². The van der Waals surface area contributed by atoms with Crippen LogP contribution in [0.15, 0.2) is 42.5 Å².